The highest BCUT2D eigenvalue weighted by atomic mass is 16.5. The monoisotopic (exact) mass is 511 g/mol. The van der Waals surface area contributed by atoms with Crippen molar-refractivity contribution in [2.24, 2.45) is 0 Å². The number of rotatable bonds is 7. The highest BCUT2D eigenvalue weighted by Crippen LogP contribution is 2.34. The van der Waals surface area contributed by atoms with E-state index in [0.717, 1.165) is 16.7 Å². The fraction of sp³-hybridized carbons (Fsp3) is 0.323. The average Bonchev–Trinajstić information content (AvgIpc) is 3.19. The Hall–Kier alpha value is -3.97. The summed E-state index contributed by atoms with van der Waals surface area (Å²) in [5.74, 6) is -0.542. The molecule has 0 bridgehead atoms. The molecule has 1 spiro atoms. The molecule has 2 fully saturated rings. The number of likely N-dealkylation sites (tertiary alicyclic amines) is 1. The van der Waals surface area contributed by atoms with Crippen molar-refractivity contribution in [3.05, 3.63) is 96.1 Å². The molecule has 38 heavy (non-hydrogen) atoms. The number of benzene rings is 3. The highest BCUT2D eigenvalue weighted by molar-refractivity contribution is 5.95. The lowest BCUT2D eigenvalue weighted by Crippen LogP contribution is -2.60. The Kier molecular flexibility index (Phi) is 7.56. The predicted octanol–water partition coefficient (Wildman–Crippen LogP) is 3.89. The Morgan fingerprint density at radius 1 is 0.895 bits per heavy atom. The zero-order valence-corrected chi connectivity index (χ0v) is 21.6. The van der Waals surface area contributed by atoms with Gasteiger partial charge in [-0.1, -0.05) is 72.8 Å². The van der Waals surface area contributed by atoms with E-state index in [0.29, 0.717) is 37.9 Å². The van der Waals surface area contributed by atoms with Crippen molar-refractivity contribution < 1.29 is 19.1 Å². The van der Waals surface area contributed by atoms with E-state index in [1.807, 2.05) is 89.8 Å². The van der Waals surface area contributed by atoms with Gasteiger partial charge >= 0.3 is 5.97 Å². The fourth-order valence-corrected chi connectivity index (χ4v) is 5.53. The number of carbonyl (C=O) groups excluding carboxylic acids is 3. The maximum atomic E-state index is 13.5. The molecule has 0 radical (unpaired) electrons. The molecule has 2 heterocycles. The third kappa shape index (κ3) is 5.34. The summed E-state index contributed by atoms with van der Waals surface area (Å²) in [5, 5.41) is 3.56. The molecule has 2 aliphatic heterocycles. The van der Waals surface area contributed by atoms with Gasteiger partial charge in [0, 0.05) is 31.5 Å². The van der Waals surface area contributed by atoms with Crippen LogP contribution in [0.15, 0.2) is 84.9 Å². The molecule has 7 nitrogen and oxygen atoms in total. The first-order valence-corrected chi connectivity index (χ1v) is 13.2. The molecule has 196 valence electrons. The van der Waals surface area contributed by atoms with Gasteiger partial charge in [-0.2, -0.15) is 0 Å². The number of nitrogens with zero attached hydrogens (tertiary/aromatic N) is 2. The molecular weight excluding hydrogens is 478 g/mol. The number of ether oxygens (including phenoxy) is 1. The summed E-state index contributed by atoms with van der Waals surface area (Å²) in [6.45, 7) is 2.89. The van der Waals surface area contributed by atoms with Crippen molar-refractivity contribution in [2.75, 3.05) is 26.2 Å². The summed E-state index contributed by atoms with van der Waals surface area (Å²) >= 11 is 0. The summed E-state index contributed by atoms with van der Waals surface area (Å²) in [6.07, 6.45) is 1.62. The molecule has 1 N–H and O–H groups in total. The van der Waals surface area contributed by atoms with E-state index >= 15 is 0 Å². The largest absolute Gasteiger partial charge is 0.465 e. The van der Waals surface area contributed by atoms with Gasteiger partial charge in [-0.25, -0.2) is 0 Å². The van der Waals surface area contributed by atoms with Crippen LogP contribution < -0.4 is 5.32 Å². The van der Waals surface area contributed by atoms with Crippen molar-refractivity contribution in [2.45, 2.75) is 37.9 Å². The lowest BCUT2D eigenvalue weighted by Gasteiger charge is -2.44. The van der Waals surface area contributed by atoms with Crippen molar-refractivity contribution in [1.29, 1.82) is 0 Å². The molecule has 0 aliphatic carbocycles. The second-order valence-electron chi connectivity index (χ2n) is 9.88. The zero-order valence-electron chi connectivity index (χ0n) is 21.6. The Bertz CT molecular complexity index is 1270. The van der Waals surface area contributed by atoms with Crippen LogP contribution in [0.5, 0.6) is 0 Å². The molecule has 2 amide bonds. The quantitative estimate of drug-likeness (QED) is 0.487. The van der Waals surface area contributed by atoms with Crippen LogP contribution in [-0.4, -0.2) is 65.5 Å². The van der Waals surface area contributed by atoms with E-state index in [1.54, 1.807) is 11.8 Å². The van der Waals surface area contributed by atoms with Gasteiger partial charge in [0.05, 0.1) is 18.3 Å². The average molecular weight is 512 g/mol. The van der Waals surface area contributed by atoms with E-state index in [2.05, 4.69) is 5.32 Å². The van der Waals surface area contributed by atoms with Crippen LogP contribution in [0, 0.1) is 0 Å². The smallest absolute Gasteiger partial charge is 0.325 e. The third-order valence-corrected chi connectivity index (χ3v) is 7.52. The standard InChI is InChI=1S/C31H33N3O4/c1-2-38-28(35)22-34-30(37)27(21-23-9-5-3-6-10-23)32-31(34)17-19-33(20-18-31)29(36)26-15-13-25(14-16-26)24-11-7-4-8-12-24/h3-16,27,32H,2,17-22H2,1H3. The first kappa shape index (κ1) is 25.7. The summed E-state index contributed by atoms with van der Waals surface area (Å²) in [4.78, 5) is 42.7. The molecule has 1 atom stereocenters. The van der Waals surface area contributed by atoms with E-state index in [4.69, 9.17) is 4.74 Å². The van der Waals surface area contributed by atoms with Crippen LogP contribution >= 0.6 is 0 Å². The SMILES string of the molecule is CCOC(=O)CN1C(=O)C(Cc2ccccc2)NC12CCN(C(=O)c1ccc(-c3ccccc3)cc1)CC2. The molecule has 3 aromatic carbocycles. The summed E-state index contributed by atoms with van der Waals surface area (Å²) in [7, 11) is 0. The van der Waals surface area contributed by atoms with Gasteiger partial charge in [0.2, 0.25) is 5.91 Å². The van der Waals surface area contributed by atoms with Gasteiger partial charge in [0.25, 0.3) is 5.91 Å². The molecule has 7 heteroatoms. The second kappa shape index (κ2) is 11.2. The molecule has 2 aliphatic rings. The summed E-state index contributed by atoms with van der Waals surface area (Å²) < 4.78 is 5.17. The number of nitrogens with one attached hydrogen (secondary N) is 1. The number of hydrogen-bond donors (Lipinski definition) is 1. The maximum Gasteiger partial charge on any atom is 0.325 e. The van der Waals surface area contributed by atoms with Crippen molar-refractivity contribution in [3.63, 3.8) is 0 Å². The molecule has 3 aromatic rings. The van der Waals surface area contributed by atoms with Crippen LogP contribution in [-0.2, 0) is 20.7 Å². The lowest BCUT2D eigenvalue weighted by molar-refractivity contribution is -0.151. The van der Waals surface area contributed by atoms with Gasteiger partial charge in [-0.05, 0) is 42.2 Å². The van der Waals surface area contributed by atoms with E-state index in [9.17, 15) is 14.4 Å². The highest BCUT2D eigenvalue weighted by Gasteiger charge is 2.52. The number of carbonyl (C=O) groups is 3. The number of amides is 2. The Morgan fingerprint density at radius 3 is 2.13 bits per heavy atom. The molecule has 5 rings (SSSR count). The maximum absolute atomic E-state index is 13.5. The predicted molar refractivity (Wildman–Crippen MR) is 145 cm³/mol. The lowest BCUT2D eigenvalue weighted by atomic mass is 9.95. The van der Waals surface area contributed by atoms with Gasteiger partial charge < -0.3 is 14.5 Å². The fourth-order valence-electron chi connectivity index (χ4n) is 5.53. The summed E-state index contributed by atoms with van der Waals surface area (Å²) in [5.41, 5.74) is 3.18. The van der Waals surface area contributed by atoms with Crippen LogP contribution in [0.25, 0.3) is 11.1 Å². The van der Waals surface area contributed by atoms with Gasteiger partial charge in [0.15, 0.2) is 0 Å². The number of esters is 1. The Morgan fingerprint density at radius 2 is 1.50 bits per heavy atom. The minimum absolute atomic E-state index is 0.0263. The molecule has 0 aromatic heterocycles. The Balaban J connectivity index is 1.29. The van der Waals surface area contributed by atoms with E-state index in [-0.39, 0.29) is 25.0 Å². The minimum Gasteiger partial charge on any atom is -0.465 e. The Labute approximate surface area is 223 Å². The topological polar surface area (TPSA) is 79.0 Å². The van der Waals surface area contributed by atoms with Crippen LogP contribution in [0.1, 0.15) is 35.7 Å². The van der Waals surface area contributed by atoms with E-state index in [1.165, 1.54) is 0 Å². The van der Waals surface area contributed by atoms with Crippen LogP contribution in [0.4, 0.5) is 0 Å². The zero-order chi connectivity index (χ0) is 26.5. The van der Waals surface area contributed by atoms with Crippen LogP contribution in [0.2, 0.25) is 0 Å². The number of hydrogen-bond acceptors (Lipinski definition) is 5. The third-order valence-electron chi connectivity index (χ3n) is 7.52. The minimum atomic E-state index is -0.683. The first-order chi connectivity index (χ1) is 18.5. The van der Waals surface area contributed by atoms with Crippen molar-refractivity contribution in [3.8, 4) is 11.1 Å². The van der Waals surface area contributed by atoms with Gasteiger partial charge in [-0.3, -0.25) is 19.7 Å². The van der Waals surface area contributed by atoms with Gasteiger partial charge in [0.1, 0.15) is 6.54 Å². The molecule has 2 saturated heterocycles. The van der Waals surface area contributed by atoms with Gasteiger partial charge in [-0.15, -0.1) is 0 Å². The second-order valence-corrected chi connectivity index (χ2v) is 9.88. The first-order valence-electron chi connectivity index (χ1n) is 13.2. The normalized spacial score (nSPS) is 18.6. The van der Waals surface area contributed by atoms with Crippen molar-refractivity contribution >= 4 is 17.8 Å². The summed E-state index contributed by atoms with van der Waals surface area (Å²) in [6, 6.07) is 27.2. The molecular formula is C31H33N3O4. The number of piperidine rings is 1. The molecule has 0 saturated carbocycles. The van der Waals surface area contributed by atoms with E-state index < -0.39 is 17.7 Å². The van der Waals surface area contributed by atoms with Crippen molar-refractivity contribution in [1.82, 2.24) is 15.1 Å². The molecule has 1 unspecified atom stereocenters. The van der Waals surface area contributed by atoms with Crippen LogP contribution in [0.3, 0.4) is 0 Å².